The van der Waals surface area contributed by atoms with Crippen LogP contribution in [0.5, 0.6) is 0 Å². The summed E-state index contributed by atoms with van der Waals surface area (Å²) in [6, 6.07) is 1.51. The third kappa shape index (κ3) is 3.35. The van der Waals surface area contributed by atoms with Crippen LogP contribution < -0.4 is 11.1 Å². The normalized spacial score (nSPS) is 16.5. The molecule has 0 aromatic carbocycles. The van der Waals surface area contributed by atoms with Gasteiger partial charge < -0.3 is 11.1 Å². The van der Waals surface area contributed by atoms with Crippen LogP contribution in [-0.2, 0) is 0 Å². The third-order valence-corrected chi connectivity index (χ3v) is 3.63. The van der Waals surface area contributed by atoms with Gasteiger partial charge in [-0.2, -0.15) is 0 Å². The smallest absolute Gasteiger partial charge is 0.253 e. The molecule has 0 unspecified atom stereocenters. The number of nitrogens with zero attached hydrogens (tertiary/aromatic N) is 1. The van der Waals surface area contributed by atoms with Crippen molar-refractivity contribution in [2.45, 2.75) is 32.1 Å². The lowest BCUT2D eigenvalue weighted by Crippen LogP contribution is -2.30. The second-order valence-electron chi connectivity index (χ2n) is 4.81. The van der Waals surface area contributed by atoms with Crippen molar-refractivity contribution in [3.05, 3.63) is 23.0 Å². The number of pyridine rings is 1. The molecule has 1 aliphatic rings. The van der Waals surface area contributed by atoms with Crippen LogP contribution in [0.3, 0.4) is 0 Å². The Labute approximate surface area is 112 Å². The number of halogens is 1. The number of nitrogen functional groups attached to an aromatic ring is 1. The van der Waals surface area contributed by atoms with Gasteiger partial charge in [0, 0.05) is 6.54 Å². The first-order valence-electron chi connectivity index (χ1n) is 6.36. The minimum atomic E-state index is -0.164. The molecule has 98 valence electrons. The quantitative estimate of drug-likeness (QED) is 0.828. The van der Waals surface area contributed by atoms with Gasteiger partial charge in [-0.05, 0) is 24.8 Å². The Morgan fingerprint density at radius 1 is 1.44 bits per heavy atom. The van der Waals surface area contributed by atoms with Crippen molar-refractivity contribution >= 4 is 23.2 Å². The number of carbonyl (C=O) groups excluding carboxylic acids is 1. The van der Waals surface area contributed by atoms with Gasteiger partial charge in [-0.25, -0.2) is 4.98 Å². The Morgan fingerprint density at radius 2 is 2.17 bits per heavy atom. The van der Waals surface area contributed by atoms with Crippen LogP contribution in [0.15, 0.2) is 12.3 Å². The lowest BCUT2D eigenvalue weighted by atomic mass is 9.89. The molecule has 0 saturated heterocycles. The van der Waals surface area contributed by atoms with E-state index in [0.717, 1.165) is 6.54 Å². The highest BCUT2D eigenvalue weighted by Crippen LogP contribution is 2.23. The van der Waals surface area contributed by atoms with Crippen molar-refractivity contribution in [2.75, 3.05) is 12.3 Å². The standard InChI is InChI=1S/C13H18ClN3O/c14-12-6-10(11(15)8-16-12)13(18)17-7-9-4-2-1-3-5-9/h6,8-9H,1-5,7,15H2,(H,17,18). The number of amides is 1. The van der Waals surface area contributed by atoms with Gasteiger partial charge in [0.25, 0.3) is 5.91 Å². The molecule has 4 nitrogen and oxygen atoms in total. The van der Waals surface area contributed by atoms with E-state index in [2.05, 4.69) is 10.3 Å². The third-order valence-electron chi connectivity index (χ3n) is 3.42. The minimum absolute atomic E-state index is 0.164. The number of aromatic nitrogens is 1. The van der Waals surface area contributed by atoms with E-state index in [1.54, 1.807) is 0 Å². The summed E-state index contributed by atoms with van der Waals surface area (Å²) in [5.74, 6) is 0.434. The first kappa shape index (κ1) is 13.1. The number of nitrogens with one attached hydrogen (secondary N) is 1. The Balaban J connectivity index is 1.92. The van der Waals surface area contributed by atoms with Crippen LogP contribution >= 0.6 is 11.6 Å². The average Bonchev–Trinajstić information content (AvgIpc) is 2.40. The molecule has 0 spiro atoms. The molecule has 0 aliphatic heterocycles. The van der Waals surface area contributed by atoms with Gasteiger partial charge >= 0.3 is 0 Å². The predicted octanol–water partition coefficient (Wildman–Crippen LogP) is 2.63. The highest BCUT2D eigenvalue weighted by atomic mass is 35.5. The van der Waals surface area contributed by atoms with Gasteiger partial charge in [-0.3, -0.25) is 4.79 Å². The number of hydrogen-bond donors (Lipinski definition) is 2. The molecule has 1 heterocycles. The summed E-state index contributed by atoms with van der Waals surface area (Å²) in [5, 5.41) is 3.22. The molecular weight excluding hydrogens is 250 g/mol. The van der Waals surface area contributed by atoms with E-state index in [1.165, 1.54) is 44.4 Å². The molecule has 3 N–H and O–H groups in total. The fourth-order valence-electron chi connectivity index (χ4n) is 2.36. The Morgan fingerprint density at radius 3 is 2.89 bits per heavy atom. The van der Waals surface area contributed by atoms with E-state index >= 15 is 0 Å². The number of nitrogens with two attached hydrogens (primary N) is 1. The first-order valence-corrected chi connectivity index (χ1v) is 6.74. The maximum Gasteiger partial charge on any atom is 0.253 e. The molecule has 5 heteroatoms. The lowest BCUT2D eigenvalue weighted by Gasteiger charge is -2.21. The number of hydrogen-bond acceptors (Lipinski definition) is 3. The van der Waals surface area contributed by atoms with Crippen molar-refractivity contribution in [2.24, 2.45) is 5.92 Å². The molecule has 0 atom stereocenters. The SMILES string of the molecule is Nc1cnc(Cl)cc1C(=O)NCC1CCCCC1. The minimum Gasteiger partial charge on any atom is -0.397 e. The van der Waals surface area contributed by atoms with E-state index in [1.807, 2.05) is 0 Å². The molecule has 0 bridgehead atoms. The van der Waals surface area contributed by atoms with Crippen LogP contribution in [0, 0.1) is 5.92 Å². The Kier molecular flexibility index (Phi) is 4.42. The first-order chi connectivity index (χ1) is 8.66. The Hall–Kier alpha value is -1.29. The van der Waals surface area contributed by atoms with Gasteiger partial charge in [0.1, 0.15) is 5.15 Å². The molecule has 2 rings (SSSR count). The van der Waals surface area contributed by atoms with Crippen LogP contribution in [0.4, 0.5) is 5.69 Å². The highest BCUT2D eigenvalue weighted by Gasteiger charge is 2.16. The monoisotopic (exact) mass is 267 g/mol. The molecule has 0 radical (unpaired) electrons. The van der Waals surface area contributed by atoms with Gasteiger partial charge in [0.2, 0.25) is 0 Å². The zero-order chi connectivity index (χ0) is 13.0. The van der Waals surface area contributed by atoms with Crippen molar-refractivity contribution < 1.29 is 4.79 Å². The zero-order valence-corrected chi connectivity index (χ0v) is 11.0. The second kappa shape index (κ2) is 6.05. The maximum absolute atomic E-state index is 12.0. The summed E-state index contributed by atoms with van der Waals surface area (Å²) in [4.78, 5) is 15.8. The molecule has 1 aromatic rings. The van der Waals surface area contributed by atoms with Crippen LogP contribution in [0.2, 0.25) is 5.15 Å². The fourth-order valence-corrected chi connectivity index (χ4v) is 2.52. The molecule has 1 saturated carbocycles. The van der Waals surface area contributed by atoms with Gasteiger partial charge in [0.05, 0.1) is 17.4 Å². The molecular formula is C13H18ClN3O. The van der Waals surface area contributed by atoms with Crippen LogP contribution in [0.25, 0.3) is 0 Å². The van der Waals surface area contributed by atoms with Crippen molar-refractivity contribution in [3.8, 4) is 0 Å². The van der Waals surface area contributed by atoms with Crippen molar-refractivity contribution in [1.29, 1.82) is 0 Å². The lowest BCUT2D eigenvalue weighted by molar-refractivity contribution is 0.0944. The van der Waals surface area contributed by atoms with E-state index in [9.17, 15) is 4.79 Å². The summed E-state index contributed by atoms with van der Waals surface area (Å²) in [6.07, 6.45) is 7.67. The summed E-state index contributed by atoms with van der Waals surface area (Å²) >= 11 is 5.76. The summed E-state index contributed by atoms with van der Waals surface area (Å²) < 4.78 is 0. The second-order valence-corrected chi connectivity index (χ2v) is 5.20. The molecule has 1 aromatic heterocycles. The Bertz CT molecular complexity index is 430. The van der Waals surface area contributed by atoms with Crippen molar-refractivity contribution in [1.82, 2.24) is 10.3 Å². The summed E-state index contributed by atoms with van der Waals surface area (Å²) in [6.45, 7) is 0.720. The molecule has 1 fully saturated rings. The summed E-state index contributed by atoms with van der Waals surface area (Å²) in [7, 11) is 0. The fraction of sp³-hybridized carbons (Fsp3) is 0.538. The molecule has 1 amide bonds. The maximum atomic E-state index is 12.0. The topological polar surface area (TPSA) is 68.0 Å². The van der Waals surface area contributed by atoms with E-state index < -0.39 is 0 Å². The number of carbonyl (C=O) groups is 1. The van der Waals surface area contributed by atoms with Crippen LogP contribution in [-0.4, -0.2) is 17.4 Å². The number of rotatable bonds is 3. The van der Waals surface area contributed by atoms with Gasteiger partial charge in [0.15, 0.2) is 0 Å². The number of anilines is 1. The largest absolute Gasteiger partial charge is 0.397 e. The van der Waals surface area contributed by atoms with E-state index in [-0.39, 0.29) is 11.1 Å². The van der Waals surface area contributed by atoms with Crippen molar-refractivity contribution in [3.63, 3.8) is 0 Å². The summed E-state index contributed by atoms with van der Waals surface area (Å²) in [5.41, 5.74) is 6.49. The van der Waals surface area contributed by atoms with E-state index in [0.29, 0.717) is 17.2 Å². The van der Waals surface area contributed by atoms with E-state index in [4.69, 9.17) is 17.3 Å². The highest BCUT2D eigenvalue weighted by molar-refractivity contribution is 6.29. The molecule has 1 aliphatic carbocycles. The zero-order valence-electron chi connectivity index (χ0n) is 10.3. The van der Waals surface area contributed by atoms with Crippen LogP contribution in [0.1, 0.15) is 42.5 Å². The molecule has 18 heavy (non-hydrogen) atoms. The predicted molar refractivity (Wildman–Crippen MR) is 72.6 cm³/mol. The van der Waals surface area contributed by atoms with Gasteiger partial charge in [-0.15, -0.1) is 0 Å². The van der Waals surface area contributed by atoms with Gasteiger partial charge in [-0.1, -0.05) is 30.9 Å². The average molecular weight is 268 g/mol.